The minimum Gasteiger partial charge on any atom is -0.460 e. The molecule has 31 heavy (non-hydrogen) atoms. The summed E-state index contributed by atoms with van der Waals surface area (Å²) in [5.74, 6) is -1.83. The second-order valence-electron chi connectivity index (χ2n) is 6.55. The van der Waals surface area contributed by atoms with Crippen molar-refractivity contribution in [3.63, 3.8) is 0 Å². The van der Waals surface area contributed by atoms with Crippen molar-refractivity contribution in [2.24, 2.45) is 5.73 Å². The van der Waals surface area contributed by atoms with Crippen LogP contribution in [0.3, 0.4) is 0 Å². The summed E-state index contributed by atoms with van der Waals surface area (Å²) in [6.07, 6.45) is -4.86. The molecule has 4 aromatic rings. The van der Waals surface area contributed by atoms with Crippen LogP contribution in [0.2, 0.25) is 0 Å². The fourth-order valence-corrected chi connectivity index (χ4v) is 3.31. The van der Waals surface area contributed by atoms with Gasteiger partial charge in [-0.3, -0.25) is 4.79 Å². The van der Waals surface area contributed by atoms with E-state index in [9.17, 15) is 22.8 Å². The molecule has 7 nitrogen and oxygen atoms in total. The molecule has 0 spiro atoms. The number of carbonyl (C=O) groups is 2. The van der Waals surface area contributed by atoms with Gasteiger partial charge >= 0.3 is 12.3 Å². The van der Waals surface area contributed by atoms with Gasteiger partial charge in [-0.25, -0.2) is 4.79 Å². The quantitative estimate of drug-likeness (QED) is 0.467. The van der Waals surface area contributed by atoms with Crippen LogP contribution >= 0.6 is 0 Å². The first kappa shape index (κ1) is 20.3. The topological polar surface area (TPSA) is 96.7 Å². The summed E-state index contributed by atoms with van der Waals surface area (Å²) in [7, 11) is 0. The molecule has 0 aliphatic rings. The zero-order valence-electron chi connectivity index (χ0n) is 16.0. The van der Waals surface area contributed by atoms with Gasteiger partial charge in [0.15, 0.2) is 0 Å². The lowest BCUT2D eigenvalue weighted by Crippen LogP contribution is -2.17. The van der Waals surface area contributed by atoms with Crippen molar-refractivity contribution in [3.05, 3.63) is 60.0 Å². The number of halogens is 3. The van der Waals surface area contributed by atoms with Crippen molar-refractivity contribution >= 4 is 33.7 Å². The maximum absolute atomic E-state index is 12.6. The van der Waals surface area contributed by atoms with Gasteiger partial charge in [0.1, 0.15) is 17.0 Å². The average Bonchev–Trinajstić information content (AvgIpc) is 3.27. The van der Waals surface area contributed by atoms with E-state index in [1.54, 1.807) is 25.1 Å². The summed E-state index contributed by atoms with van der Waals surface area (Å²) in [6, 6.07) is 11.4. The molecule has 4 rings (SSSR count). The van der Waals surface area contributed by atoms with E-state index in [1.165, 1.54) is 28.8 Å². The number of amides is 1. The zero-order chi connectivity index (χ0) is 22.3. The number of hydrogen-bond acceptors (Lipinski definition) is 5. The first-order valence-electron chi connectivity index (χ1n) is 9.08. The smallest absolute Gasteiger partial charge is 0.460 e. The highest BCUT2D eigenvalue weighted by Gasteiger charge is 2.31. The normalized spacial score (nSPS) is 11.7. The van der Waals surface area contributed by atoms with Crippen LogP contribution in [0, 0.1) is 0 Å². The van der Waals surface area contributed by atoms with Crippen molar-refractivity contribution < 1.29 is 36.7 Å². The molecule has 2 aromatic heterocycles. The summed E-state index contributed by atoms with van der Waals surface area (Å²) in [6.45, 7) is 1.85. The van der Waals surface area contributed by atoms with Gasteiger partial charge in [-0.1, -0.05) is 0 Å². The van der Waals surface area contributed by atoms with Crippen LogP contribution in [0.1, 0.15) is 28.0 Å². The number of hydrogen-bond donors (Lipinski definition) is 1. The van der Waals surface area contributed by atoms with E-state index < -0.39 is 24.0 Å². The fraction of sp³-hybridized carbons (Fsp3) is 0.143. The van der Waals surface area contributed by atoms with Gasteiger partial charge in [-0.2, -0.15) is 0 Å². The molecular formula is C21H15F3N2O5. The minimum atomic E-state index is -4.86. The summed E-state index contributed by atoms with van der Waals surface area (Å²) in [5.41, 5.74) is 6.66. The van der Waals surface area contributed by atoms with Crippen molar-refractivity contribution in [1.29, 1.82) is 0 Å². The fourth-order valence-electron chi connectivity index (χ4n) is 3.31. The van der Waals surface area contributed by atoms with Gasteiger partial charge in [-0.05, 0) is 49.4 Å². The van der Waals surface area contributed by atoms with Crippen LogP contribution in [0.5, 0.6) is 5.75 Å². The highest BCUT2D eigenvalue weighted by atomic mass is 19.4. The molecule has 0 unspecified atom stereocenters. The third kappa shape index (κ3) is 3.91. The number of benzene rings is 2. The molecule has 0 aliphatic heterocycles. The molecule has 0 fully saturated rings. The Balaban J connectivity index is 1.87. The number of aromatic nitrogens is 1. The Hall–Kier alpha value is -3.95. The number of ether oxygens (including phenoxy) is 2. The Morgan fingerprint density at radius 2 is 1.84 bits per heavy atom. The number of rotatable bonds is 5. The van der Waals surface area contributed by atoms with E-state index in [0.29, 0.717) is 22.0 Å². The van der Waals surface area contributed by atoms with Crippen molar-refractivity contribution in [1.82, 2.24) is 4.57 Å². The SMILES string of the molecule is CCOC(=O)c1cc2cc(-n3c(C(N)=O)cc4ccc(OC(F)(F)F)cc43)ccc2o1. The number of carbonyl (C=O) groups excluding carboxylic acids is 2. The highest BCUT2D eigenvalue weighted by molar-refractivity contribution is 6.00. The summed E-state index contributed by atoms with van der Waals surface area (Å²) in [4.78, 5) is 23.9. The lowest BCUT2D eigenvalue weighted by Gasteiger charge is -2.11. The van der Waals surface area contributed by atoms with E-state index in [-0.39, 0.29) is 23.6 Å². The monoisotopic (exact) mass is 432 g/mol. The Morgan fingerprint density at radius 1 is 1.06 bits per heavy atom. The molecule has 0 bridgehead atoms. The molecule has 0 aliphatic carbocycles. The van der Waals surface area contributed by atoms with Crippen molar-refractivity contribution in [2.45, 2.75) is 13.3 Å². The second kappa shape index (κ2) is 7.38. The number of nitrogens with zero attached hydrogens (tertiary/aromatic N) is 1. The van der Waals surface area contributed by atoms with Crippen LogP contribution in [0.15, 0.2) is 52.9 Å². The van der Waals surface area contributed by atoms with Gasteiger partial charge in [0.05, 0.1) is 12.1 Å². The maximum Gasteiger partial charge on any atom is 0.573 e. The van der Waals surface area contributed by atoms with Gasteiger partial charge in [0.2, 0.25) is 5.76 Å². The molecule has 160 valence electrons. The Labute approximate surface area is 172 Å². The molecular weight excluding hydrogens is 417 g/mol. The lowest BCUT2D eigenvalue weighted by molar-refractivity contribution is -0.274. The highest BCUT2D eigenvalue weighted by Crippen LogP contribution is 2.32. The first-order valence-corrected chi connectivity index (χ1v) is 9.08. The predicted octanol–water partition coefficient (Wildman–Crippen LogP) is 4.55. The van der Waals surface area contributed by atoms with E-state index in [4.69, 9.17) is 14.9 Å². The van der Waals surface area contributed by atoms with E-state index >= 15 is 0 Å². The van der Waals surface area contributed by atoms with Crippen LogP contribution in [-0.4, -0.2) is 29.4 Å². The molecule has 2 heterocycles. The number of esters is 1. The number of furan rings is 1. The summed E-state index contributed by atoms with van der Waals surface area (Å²) < 4.78 is 53.7. The number of nitrogens with two attached hydrogens (primary N) is 1. The Kier molecular flexibility index (Phi) is 4.84. The second-order valence-corrected chi connectivity index (χ2v) is 6.55. The zero-order valence-corrected chi connectivity index (χ0v) is 16.0. The number of alkyl halides is 3. The van der Waals surface area contributed by atoms with E-state index in [0.717, 1.165) is 6.07 Å². The Morgan fingerprint density at radius 3 is 2.52 bits per heavy atom. The van der Waals surface area contributed by atoms with Crippen LogP contribution in [-0.2, 0) is 4.74 Å². The largest absolute Gasteiger partial charge is 0.573 e. The predicted molar refractivity (Wildman–Crippen MR) is 104 cm³/mol. The molecule has 0 radical (unpaired) electrons. The van der Waals surface area contributed by atoms with E-state index in [1.807, 2.05) is 0 Å². The minimum absolute atomic E-state index is 0.00218. The maximum atomic E-state index is 12.6. The van der Waals surface area contributed by atoms with Gasteiger partial charge in [0.25, 0.3) is 5.91 Å². The van der Waals surface area contributed by atoms with Gasteiger partial charge in [0, 0.05) is 22.5 Å². The molecule has 1 amide bonds. The number of fused-ring (bicyclic) bond motifs is 2. The molecule has 2 aromatic carbocycles. The van der Waals surface area contributed by atoms with Gasteiger partial charge in [-0.15, -0.1) is 13.2 Å². The van der Waals surface area contributed by atoms with E-state index in [2.05, 4.69) is 4.74 Å². The molecule has 0 saturated carbocycles. The van der Waals surface area contributed by atoms with Gasteiger partial charge < -0.3 is 24.2 Å². The molecule has 10 heteroatoms. The third-order valence-electron chi connectivity index (χ3n) is 4.50. The molecule has 0 atom stereocenters. The Bertz CT molecular complexity index is 1320. The standard InChI is InChI=1S/C21H15F3N2O5/c1-2-29-20(28)18-9-12-7-13(4-6-17(12)30-18)26-15-10-14(31-21(22,23)24)5-3-11(15)8-16(26)19(25)27/h3-10H,2H2,1H3,(H2,25,27). The average molecular weight is 432 g/mol. The van der Waals surface area contributed by atoms with Crippen LogP contribution in [0.25, 0.3) is 27.6 Å². The molecule has 2 N–H and O–H groups in total. The summed E-state index contributed by atoms with van der Waals surface area (Å²) >= 11 is 0. The van der Waals surface area contributed by atoms with Crippen LogP contribution in [0.4, 0.5) is 13.2 Å². The summed E-state index contributed by atoms with van der Waals surface area (Å²) in [5, 5.41) is 1.02. The first-order chi connectivity index (χ1) is 14.7. The lowest BCUT2D eigenvalue weighted by atomic mass is 10.2. The third-order valence-corrected chi connectivity index (χ3v) is 4.50. The number of primary amides is 1. The van der Waals surface area contributed by atoms with Crippen molar-refractivity contribution in [2.75, 3.05) is 6.61 Å². The molecule has 0 saturated heterocycles. The van der Waals surface area contributed by atoms with Crippen LogP contribution < -0.4 is 10.5 Å². The van der Waals surface area contributed by atoms with Crippen molar-refractivity contribution in [3.8, 4) is 11.4 Å².